The number of unbranched alkanes of at least 4 members (excludes halogenated alkanes) is 10. The van der Waals surface area contributed by atoms with E-state index in [2.05, 4.69) is 92.8 Å². The van der Waals surface area contributed by atoms with Gasteiger partial charge in [0.2, 0.25) is 0 Å². The van der Waals surface area contributed by atoms with Crippen molar-refractivity contribution in [1.29, 1.82) is 0 Å². The van der Waals surface area contributed by atoms with Crippen LogP contribution in [0.4, 0.5) is 0 Å². The van der Waals surface area contributed by atoms with Crippen molar-refractivity contribution in [2.75, 3.05) is 33.0 Å². The predicted molar refractivity (Wildman–Crippen MR) is 261 cm³/mol. The van der Waals surface area contributed by atoms with E-state index in [1.807, 2.05) is 6.08 Å². The lowest BCUT2D eigenvalue weighted by molar-refractivity contribution is -0.332. The highest BCUT2D eigenvalue weighted by molar-refractivity contribution is 5.69. The molecular formula is C53H88O14. The SMILES string of the molecule is CC/C=C\C/C=C\C/C=C\C/C=C\C/C=C\C/C=C\C/C=C\CCCC(=O)OC(COCCCCCCCCCCCC)COC1OC(COC2OC(CO)C(O)C(O)C2O)C(O)C(O)C1O. The van der Waals surface area contributed by atoms with Crippen LogP contribution in [0, 0.1) is 0 Å². The van der Waals surface area contributed by atoms with Crippen LogP contribution >= 0.6 is 0 Å². The highest BCUT2D eigenvalue weighted by Crippen LogP contribution is 2.26. The molecule has 7 N–H and O–H groups in total. The van der Waals surface area contributed by atoms with E-state index in [0.29, 0.717) is 19.4 Å². The number of esters is 1. The van der Waals surface area contributed by atoms with Crippen LogP contribution < -0.4 is 0 Å². The third-order valence-corrected chi connectivity index (χ3v) is 11.4. The van der Waals surface area contributed by atoms with Crippen LogP contribution in [-0.2, 0) is 33.2 Å². The molecule has 11 unspecified atom stereocenters. The van der Waals surface area contributed by atoms with Crippen molar-refractivity contribution >= 4 is 5.97 Å². The highest BCUT2D eigenvalue weighted by atomic mass is 16.7. The lowest BCUT2D eigenvalue weighted by Gasteiger charge is -2.42. The quantitative estimate of drug-likeness (QED) is 0.0184. The summed E-state index contributed by atoms with van der Waals surface area (Å²) in [5.74, 6) is -0.437. The summed E-state index contributed by atoms with van der Waals surface area (Å²) in [4.78, 5) is 13.0. The fourth-order valence-corrected chi connectivity index (χ4v) is 7.33. The molecule has 384 valence electrons. The van der Waals surface area contributed by atoms with Gasteiger partial charge in [0.25, 0.3) is 0 Å². The van der Waals surface area contributed by atoms with Crippen molar-refractivity contribution in [3.05, 3.63) is 85.1 Å². The largest absolute Gasteiger partial charge is 0.457 e. The van der Waals surface area contributed by atoms with Crippen LogP contribution in [0.3, 0.4) is 0 Å². The second kappa shape index (κ2) is 40.0. The molecule has 0 aromatic carbocycles. The molecule has 0 amide bonds. The van der Waals surface area contributed by atoms with Crippen molar-refractivity contribution in [3.8, 4) is 0 Å². The minimum absolute atomic E-state index is 0.0344. The van der Waals surface area contributed by atoms with Gasteiger partial charge in [-0.3, -0.25) is 4.79 Å². The molecule has 2 fully saturated rings. The number of hydrogen-bond acceptors (Lipinski definition) is 14. The molecule has 0 aromatic rings. The van der Waals surface area contributed by atoms with Crippen molar-refractivity contribution in [2.24, 2.45) is 0 Å². The van der Waals surface area contributed by atoms with E-state index < -0.39 is 86.7 Å². The van der Waals surface area contributed by atoms with Gasteiger partial charge in [-0.2, -0.15) is 0 Å². The molecule has 14 heteroatoms. The molecule has 0 radical (unpaired) electrons. The Morgan fingerprint density at radius 1 is 0.507 bits per heavy atom. The molecule has 0 bridgehead atoms. The number of carbonyl (C=O) groups is 1. The first-order valence-corrected chi connectivity index (χ1v) is 25.2. The minimum atomic E-state index is -1.72. The van der Waals surface area contributed by atoms with Crippen molar-refractivity contribution in [2.45, 2.75) is 210 Å². The number of aliphatic hydroxyl groups is 7. The van der Waals surface area contributed by atoms with E-state index in [9.17, 15) is 40.5 Å². The van der Waals surface area contributed by atoms with Crippen molar-refractivity contribution < 1.29 is 69.0 Å². The third kappa shape index (κ3) is 27.8. The second-order valence-electron chi connectivity index (χ2n) is 17.3. The zero-order valence-corrected chi connectivity index (χ0v) is 40.6. The fourth-order valence-electron chi connectivity index (χ4n) is 7.33. The van der Waals surface area contributed by atoms with Crippen molar-refractivity contribution in [3.63, 3.8) is 0 Å². The maximum Gasteiger partial charge on any atom is 0.306 e. The number of ether oxygens (including phenoxy) is 6. The summed E-state index contributed by atoms with van der Waals surface area (Å²) < 4.78 is 34.1. The van der Waals surface area contributed by atoms with E-state index in [1.165, 1.54) is 44.9 Å². The standard InChI is InChI=1S/C53H88O14/c1-3-5-7-9-11-13-15-16-17-18-19-20-21-22-23-24-25-26-27-28-30-32-34-36-45(55)65-42(39-62-37-35-33-31-29-14-12-10-8-6-4-2)40-63-52-51(61)49(59)47(57)44(67-52)41-64-53-50(60)48(58)46(56)43(38-54)66-53/h5,7,11,13,16-17,19-20,22-23,25-26,28,30,42-44,46-54,56-61H,3-4,6,8-10,12,14-15,18,21,24,27,29,31-41H2,1-2H3/b7-5-,13-11-,17-16-,20-19-,23-22-,26-25-,30-28-. The fraction of sp³-hybridized carbons (Fsp3) is 0.717. The van der Waals surface area contributed by atoms with Crippen molar-refractivity contribution in [1.82, 2.24) is 0 Å². The molecule has 0 spiro atoms. The molecule has 67 heavy (non-hydrogen) atoms. The summed E-state index contributed by atoms with van der Waals surface area (Å²) in [6, 6.07) is 0. The summed E-state index contributed by atoms with van der Waals surface area (Å²) in [5.41, 5.74) is 0. The highest BCUT2D eigenvalue weighted by Gasteiger charge is 2.47. The van der Waals surface area contributed by atoms with Gasteiger partial charge in [0.1, 0.15) is 54.9 Å². The Morgan fingerprint density at radius 3 is 1.46 bits per heavy atom. The zero-order chi connectivity index (χ0) is 48.7. The number of aliphatic hydroxyl groups excluding tert-OH is 7. The van der Waals surface area contributed by atoms with Crippen LogP contribution in [0.5, 0.6) is 0 Å². The van der Waals surface area contributed by atoms with E-state index in [-0.39, 0.29) is 19.6 Å². The molecule has 0 saturated carbocycles. The molecule has 2 aliphatic heterocycles. The summed E-state index contributed by atoms with van der Waals surface area (Å²) in [6.07, 6.45) is 33.7. The van der Waals surface area contributed by atoms with Gasteiger partial charge in [0.15, 0.2) is 12.6 Å². The first-order chi connectivity index (χ1) is 32.6. The van der Waals surface area contributed by atoms with E-state index in [1.54, 1.807) is 0 Å². The maximum absolute atomic E-state index is 13.0. The maximum atomic E-state index is 13.0. The molecule has 0 aromatic heterocycles. The topological polar surface area (TPSA) is 214 Å². The summed E-state index contributed by atoms with van der Waals surface area (Å²) >= 11 is 0. The van der Waals surface area contributed by atoms with Crippen LogP contribution in [-0.4, -0.2) is 142 Å². The second-order valence-corrected chi connectivity index (χ2v) is 17.3. The molecule has 0 aliphatic carbocycles. The molecule has 2 heterocycles. The lowest BCUT2D eigenvalue weighted by atomic mass is 9.98. The predicted octanol–water partition coefficient (Wildman–Crippen LogP) is 7.29. The minimum Gasteiger partial charge on any atom is -0.457 e. The van der Waals surface area contributed by atoms with Gasteiger partial charge >= 0.3 is 5.97 Å². The van der Waals surface area contributed by atoms with Gasteiger partial charge < -0.3 is 64.2 Å². The Morgan fingerprint density at radius 2 is 0.955 bits per heavy atom. The van der Waals surface area contributed by atoms with Gasteiger partial charge in [-0.15, -0.1) is 0 Å². The van der Waals surface area contributed by atoms with Gasteiger partial charge in [-0.05, 0) is 64.2 Å². The molecule has 2 rings (SSSR count). The zero-order valence-electron chi connectivity index (χ0n) is 40.6. The van der Waals surface area contributed by atoms with Crippen LogP contribution in [0.1, 0.15) is 142 Å². The Hall–Kier alpha value is -2.83. The monoisotopic (exact) mass is 949 g/mol. The number of rotatable bonds is 38. The Bertz CT molecular complexity index is 1430. The first kappa shape index (κ1) is 60.3. The Labute approximate surface area is 401 Å². The average molecular weight is 949 g/mol. The molecule has 2 saturated heterocycles. The summed E-state index contributed by atoms with van der Waals surface area (Å²) in [7, 11) is 0. The van der Waals surface area contributed by atoms with Gasteiger partial charge in [-0.25, -0.2) is 0 Å². The van der Waals surface area contributed by atoms with Crippen LogP contribution in [0.25, 0.3) is 0 Å². The Balaban J connectivity index is 1.78. The van der Waals surface area contributed by atoms with Crippen LogP contribution in [0.15, 0.2) is 85.1 Å². The first-order valence-electron chi connectivity index (χ1n) is 25.2. The Kier molecular flexibility index (Phi) is 36.0. The number of carbonyl (C=O) groups excluding carboxylic acids is 1. The third-order valence-electron chi connectivity index (χ3n) is 11.4. The molecular weight excluding hydrogens is 861 g/mol. The van der Waals surface area contributed by atoms with E-state index in [0.717, 1.165) is 64.2 Å². The molecule has 11 atom stereocenters. The number of allylic oxidation sites excluding steroid dienone is 14. The number of hydrogen-bond donors (Lipinski definition) is 7. The average Bonchev–Trinajstić information content (AvgIpc) is 3.32. The smallest absolute Gasteiger partial charge is 0.306 e. The van der Waals surface area contributed by atoms with Gasteiger partial charge in [0.05, 0.1) is 26.4 Å². The lowest BCUT2D eigenvalue weighted by Crippen LogP contribution is -2.61. The molecule has 14 nitrogen and oxygen atoms in total. The van der Waals surface area contributed by atoms with Gasteiger partial charge in [-0.1, -0.05) is 157 Å². The van der Waals surface area contributed by atoms with Crippen LogP contribution in [0.2, 0.25) is 0 Å². The van der Waals surface area contributed by atoms with E-state index in [4.69, 9.17) is 28.4 Å². The molecule has 2 aliphatic rings. The van der Waals surface area contributed by atoms with Gasteiger partial charge in [0, 0.05) is 13.0 Å². The summed E-state index contributed by atoms with van der Waals surface area (Å²) in [6.45, 7) is 3.46. The normalized spacial score (nSPS) is 26.8. The van der Waals surface area contributed by atoms with E-state index >= 15 is 0 Å². The summed E-state index contributed by atoms with van der Waals surface area (Å²) in [5, 5.41) is 72.0.